The first-order valence-corrected chi connectivity index (χ1v) is 13.2. The van der Waals surface area contributed by atoms with Crippen LogP contribution in [0.3, 0.4) is 0 Å². The van der Waals surface area contributed by atoms with Gasteiger partial charge in [-0.1, -0.05) is 49.6 Å². The van der Waals surface area contributed by atoms with Gasteiger partial charge in [-0.2, -0.15) is 0 Å². The number of fused-ring (bicyclic) bond motifs is 4. The molecule has 1 fully saturated rings. The Balaban J connectivity index is 1.44. The molecule has 1 saturated carbocycles. The van der Waals surface area contributed by atoms with Crippen molar-refractivity contribution in [2.24, 2.45) is 5.73 Å². The number of hydrogen-bond donors (Lipinski definition) is 3. The van der Waals surface area contributed by atoms with E-state index in [-0.39, 0.29) is 0 Å². The Morgan fingerprint density at radius 3 is 2.66 bits per heavy atom. The third-order valence-electron chi connectivity index (χ3n) is 7.73. The summed E-state index contributed by atoms with van der Waals surface area (Å²) in [5.41, 5.74) is 13.1. The predicted octanol–water partition coefficient (Wildman–Crippen LogP) is 6.57. The number of aromatic nitrogens is 4. The van der Waals surface area contributed by atoms with Gasteiger partial charge in [0.05, 0.1) is 33.8 Å². The van der Waals surface area contributed by atoms with Gasteiger partial charge in [-0.3, -0.25) is 9.78 Å². The van der Waals surface area contributed by atoms with E-state index >= 15 is 0 Å². The highest BCUT2D eigenvalue weighted by molar-refractivity contribution is 6.15. The van der Waals surface area contributed by atoms with E-state index < -0.39 is 5.91 Å². The van der Waals surface area contributed by atoms with E-state index in [0.717, 1.165) is 68.4 Å². The van der Waals surface area contributed by atoms with Gasteiger partial charge in [0.15, 0.2) is 0 Å². The van der Waals surface area contributed by atoms with Crippen LogP contribution in [0, 0.1) is 0 Å². The summed E-state index contributed by atoms with van der Waals surface area (Å²) < 4.78 is 2.26. The molecule has 6 aromatic rings. The van der Waals surface area contributed by atoms with Gasteiger partial charge in [-0.15, -0.1) is 0 Å². The Kier molecular flexibility index (Phi) is 5.35. The molecule has 0 unspecified atom stereocenters. The van der Waals surface area contributed by atoms with Crippen molar-refractivity contribution in [3.63, 3.8) is 0 Å². The molecule has 0 aliphatic heterocycles. The number of nitrogens with two attached hydrogens (primary N) is 1. The average molecular weight is 501 g/mol. The molecule has 7 nitrogen and oxygen atoms in total. The van der Waals surface area contributed by atoms with E-state index in [2.05, 4.69) is 68.4 Å². The molecule has 3 aromatic heterocycles. The Bertz CT molecular complexity index is 1790. The largest absolute Gasteiger partial charge is 0.382 e. The van der Waals surface area contributed by atoms with E-state index in [0.29, 0.717) is 11.6 Å². The molecular weight excluding hydrogens is 472 g/mol. The van der Waals surface area contributed by atoms with Crippen molar-refractivity contribution in [2.45, 2.75) is 38.1 Å². The Labute approximate surface area is 219 Å². The number of para-hydroxylation sites is 1. The topological polar surface area (TPSA) is 102 Å². The fraction of sp³-hybridized carbons (Fsp3) is 0.194. The number of hydrogen-bond acceptors (Lipinski definition) is 4. The van der Waals surface area contributed by atoms with Crippen LogP contribution in [0.5, 0.6) is 0 Å². The van der Waals surface area contributed by atoms with Crippen LogP contribution in [0.15, 0.2) is 79.1 Å². The maximum Gasteiger partial charge on any atom is 0.250 e. The maximum atomic E-state index is 12.3. The van der Waals surface area contributed by atoms with Crippen LogP contribution >= 0.6 is 0 Å². The number of aromatic amines is 1. The Morgan fingerprint density at radius 2 is 1.82 bits per heavy atom. The lowest BCUT2D eigenvalue weighted by atomic mass is 9.95. The fourth-order valence-corrected chi connectivity index (χ4v) is 5.95. The van der Waals surface area contributed by atoms with E-state index in [1.54, 1.807) is 12.4 Å². The van der Waals surface area contributed by atoms with Gasteiger partial charge in [0, 0.05) is 39.9 Å². The van der Waals surface area contributed by atoms with Gasteiger partial charge in [-0.25, -0.2) is 4.98 Å². The number of amides is 1. The van der Waals surface area contributed by atoms with E-state index in [1.165, 1.54) is 19.3 Å². The van der Waals surface area contributed by atoms with Crippen molar-refractivity contribution in [3.05, 3.63) is 84.7 Å². The second-order valence-corrected chi connectivity index (χ2v) is 10.1. The number of anilines is 1. The highest BCUT2D eigenvalue weighted by Gasteiger charge is 2.20. The van der Waals surface area contributed by atoms with E-state index in [9.17, 15) is 4.79 Å². The highest BCUT2D eigenvalue weighted by Crippen LogP contribution is 2.38. The lowest BCUT2D eigenvalue weighted by Crippen LogP contribution is -2.24. The summed E-state index contributed by atoms with van der Waals surface area (Å²) in [5, 5.41) is 5.90. The number of nitrogens with zero attached hydrogens (tertiary/aromatic N) is 3. The maximum absolute atomic E-state index is 12.3. The van der Waals surface area contributed by atoms with Crippen LogP contribution in [0.1, 0.15) is 42.5 Å². The van der Waals surface area contributed by atoms with Gasteiger partial charge in [0.1, 0.15) is 5.82 Å². The molecule has 1 aliphatic carbocycles. The Hall–Kier alpha value is -4.65. The lowest BCUT2D eigenvalue weighted by molar-refractivity contribution is 0.100. The number of carbonyl (C=O) groups excluding carboxylic acids is 1. The molecular formula is C31H28N6O. The van der Waals surface area contributed by atoms with Crippen molar-refractivity contribution >= 4 is 44.4 Å². The molecule has 0 spiro atoms. The van der Waals surface area contributed by atoms with Crippen molar-refractivity contribution in [3.8, 4) is 17.1 Å². The summed E-state index contributed by atoms with van der Waals surface area (Å²) in [4.78, 5) is 24.9. The fourth-order valence-electron chi connectivity index (χ4n) is 5.95. The molecule has 1 amide bonds. The van der Waals surface area contributed by atoms with Crippen LogP contribution in [-0.2, 0) is 0 Å². The minimum Gasteiger partial charge on any atom is -0.382 e. The first kappa shape index (κ1) is 22.5. The zero-order chi connectivity index (χ0) is 25.6. The minimum absolute atomic E-state index is 0.351. The standard InChI is InChI=1S/C31H28N6O/c32-30(38)21-14-13-20(17-25(21)34-19-7-2-1-3-8-19)37-27-11-5-4-9-22(27)29-23(10-6-12-28(29)37)31-35-24-15-16-33-18-26(24)36-31/h4-6,9-19,34H,1-3,7-8H2,(H2,32,38)(H,35,36). The number of primary amides is 1. The number of benzene rings is 3. The first-order chi connectivity index (χ1) is 18.7. The molecule has 0 bridgehead atoms. The SMILES string of the molecule is NC(=O)c1ccc(-n2c3ccccc3c3c(-c4nc5ccncc5[nH]4)cccc32)cc1NC1CCCCC1. The number of nitrogens with one attached hydrogen (secondary N) is 2. The summed E-state index contributed by atoms with van der Waals surface area (Å²) in [6.07, 6.45) is 9.45. The average Bonchev–Trinajstić information content (AvgIpc) is 3.53. The van der Waals surface area contributed by atoms with E-state index in [1.807, 2.05) is 18.2 Å². The molecule has 7 heteroatoms. The minimum atomic E-state index is -0.418. The zero-order valence-corrected chi connectivity index (χ0v) is 20.9. The summed E-state index contributed by atoms with van der Waals surface area (Å²) in [6, 6.07) is 22.9. The molecule has 38 heavy (non-hydrogen) atoms. The summed E-state index contributed by atoms with van der Waals surface area (Å²) in [7, 11) is 0. The number of rotatable bonds is 5. The third kappa shape index (κ3) is 3.70. The normalized spacial score (nSPS) is 14.4. The molecule has 3 aromatic carbocycles. The summed E-state index contributed by atoms with van der Waals surface area (Å²) in [6.45, 7) is 0. The van der Waals surface area contributed by atoms with Crippen LogP contribution in [0.25, 0.3) is 49.9 Å². The van der Waals surface area contributed by atoms with Gasteiger partial charge in [0.25, 0.3) is 5.91 Å². The summed E-state index contributed by atoms with van der Waals surface area (Å²) in [5.74, 6) is 0.393. The third-order valence-corrected chi connectivity index (χ3v) is 7.73. The predicted molar refractivity (Wildman–Crippen MR) is 153 cm³/mol. The van der Waals surface area contributed by atoms with Gasteiger partial charge < -0.3 is 20.6 Å². The molecule has 0 atom stereocenters. The quantitative estimate of drug-likeness (QED) is 0.249. The van der Waals surface area contributed by atoms with Crippen LogP contribution in [-0.4, -0.2) is 31.5 Å². The highest BCUT2D eigenvalue weighted by atomic mass is 16.1. The van der Waals surface area contributed by atoms with Crippen molar-refractivity contribution in [1.82, 2.24) is 19.5 Å². The number of imidazole rings is 1. The summed E-state index contributed by atoms with van der Waals surface area (Å²) >= 11 is 0. The number of carbonyl (C=O) groups is 1. The molecule has 1 aliphatic rings. The van der Waals surface area contributed by atoms with Crippen molar-refractivity contribution in [2.75, 3.05) is 5.32 Å². The molecule has 0 saturated heterocycles. The van der Waals surface area contributed by atoms with Gasteiger partial charge >= 0.3 is 0 Å². The van der Waals surface area contributed by atoms with Gasteiger partial charge in [-0.05, 0) is 49.2 Å². The molecule has 0 radical (unpaired) electrons. The van der Waals surface area contributed by atoms with E-state index in [4.69, 9.17) is 10.7 Å². The van der Waals surface area contributed by atoms with Gasteiger partial charge in [0.2, 0.25) is 0 Å². The van der Waals surface area contributed by atoms with Crippen LogP contribution in [0.2, 0.25) is 0 Å². The van der Waals surface area contributed by atoms with Crippen molar-refractivity contribution < 1.29 is 4.79 Å². The van der Waals surface area contributed by atoms with Crippen molar-refractivity contribution in [1.29, 1.82) is 0 Å². The monoisotopic (exact) mass is 500 g/mol. The van der Waals surface area contributed by atoms with Crippen LogP contribution < -0.4 is 11.1 Å². The molecule has 7 rings (SSSR count). The van der Waals surface area contributed by atoms with Crippen LogP contribution in [0.4, 0.5) is 5.69 Å². The number of H-pyrrole nitrogens is 1. The molecule has 3 heterocycles. The lowest BCUT2D eigenvalue weighted by Gasteiger charge is -2.25. The smallest absolute Gasteiger partial charge is 0.250 e. The molecule has 188 valence electrons. The Morgan fingerprint density at radius 1 is 0.974 bits per heavy atom. The number of pyridine rings is 1. The second kappa shape index (κ2) is 9.03. The second-order valence-electron chi connectivity index (χ2n) is 10.1. The zero-order valence-electron chi connectivity index (χ0n) is 20.9. The first-order valence-electron chi connectivity index (χ1n) is 13.2. The molecule has 4 N–H and O–H groups in total.